The van der Waals surface area contributed by atoms with Crippen molar-refractivity contribution in [3.05, 3.63) is 54.1 Å². The van der Waals surface area contributed by atoms with Crippen LogP contribution in [0, 0.1) is 24.6 Å². The maximum Gasteiger partial charge on any atom is 0.226 e. The van der Waals surface area contributed by atoms with Crippen LogP contribution in [0.4, 0.5) is 15.8 Å². The number of nitrogens with one attached hydrogen (secondary N) is 2. The number of hydrogen-bond acceptors (Lipinski definition) is 3. The third-order valence-corrected chi connectivity index (χ3v) is 3.44. The minimum absolute atomic E-state index is 0. The van der Waals surface area contributed by atoms with Gasteiger partial charge in [-0.1, -0.05) is 41.2 Å². The molecule has 0 aliphatic rings. The number of aryl methyl sites for hydroxylation is 1. The third-order valence-electron chi connectivity index (χ3n) is 3.44. The Morgan fingerprint density at radius 1 is 0.889 bits per heavy atom. The molecule has 5 nitrogen and oxygen atoms in total. The van der Waals surface area contributed by atoms with E-state index in [1.54, 1.807) is 57.4 Å². The first-order valence-corrected chi connectivity index (χ1v) is 8.48. The molecule has 0 spiro atoms. The van der Waals surface area contributed by atoms with Gasteiger partial charge < -0.3 is 10.6 Å². The summed E-state index contributed by atoms with van der Waals surface area (Å²) in [5, 5.41) is 5.39. The van der Waals surface area contributed by atoms with E-state index in [0.29, 0.717) is 11.3 Å². The van der Waals surface area contributed by atoms with Crippen LogP contribution in [0.2, 0.25) is 0 Å². The van der Waals surface area contributed by atoms with Crippen molar-refractivity contribution in [3.8, 4) is 0 Å². The predicted molar refractivity (Wildman–Crippen MR) is 109 cm³/mol. The minimum atomic E-state index is -0.299. The summed E-state index contributed by atoms with van der Waals surface area (Å²) < 4.78 is 13.1. The van der Waals surface area contributed by atoms with Crippen LogP contribution >= 0.6 is 0 Å². The highest BCUT2D eigenvalue weighted by Crippen LogP contribution is 2.14. The first kappa shape index (κ1) is 24.2. The van der Waals surface area contributed by atoms with E-state index in [2.05, 4.69) is 15.6 Å². The molecular formula is C21H30FN3O2. The molecule has 2 N–H and O–H groups in total. The Kier molecular flexibility index (Phi) is 10.6. The number of carbonyl (C=O) groups excluding carboxylic acids is 2. The number of aromatic nitrogens is 1. The third kappa shape index (κ3) is 8.94. The Morgan fingerprint density at radius 3 is 1.81 bits per heavy atom. The molecule has 0 saturated carbocycles. The number of anilines is 2. The molecule has 148 valence electrons. The first-order chi connectivity index (χ1) is 12.2. The van der Waals surface area contributed by atoms with Crippen LogP contribution in [-0.4, -0.2) is 16.8 Å². The summed E-state index contributed by atoms with van der Waals surface area (Å²) in [6, 6.07) is 8.19. The topological polar surface area (TPSA) is 71.1 Å². The Balaban J connectivity index is 0.000000488. The SMILES string of the molecule is C.CC(C)C(=O)Nc1ccncc1.Cc1ccc(NC(=O)C(C)C)cc1F. The summed E-state index contributed by atoms with van der Waals surface area (Å²) >= 11 is 0. The van der Waals surface area contributed by atoms with Crippen molar-refractivity contribution in [2.24, 2.45) is 11.8 Å². The van der Waals surface area contributed by atoms with Crippen LogP contribution < -0.4 is 10.6 Å². The van der Waals surface area contributed by atoms with Crippen LogP contribution in [0.15, 0.2) is 42.7 Å². The number of nitrogens with zero attached hydrogens (tertiary/aromatic N) is 1. The molecule has 0 fully saturated rings. The zero-order valence-electron chi connectivity index (χ0n) is 15.8. The zero-order chi connectivity index (χ0) is 19.7. The number of rotatable bonds is 4. The standard InChI is InChI=1S/C11H14FNO.C9H12N2O.CH4/c1-7(2)11(14)13-9-5-4-8(3)10(12)6-9;1-7(2)9(12)11-8-3-5-10-6-4-8;/h4-7H,1-3H3,(H,13,14);3-7H,1-2H3,(H,10,11,12);1H4. The number of benzene rings is 1. The molecule has 0 atom stereocenters. The highest BCUT2D eigenvalue weighted by Gasteiger charge is 2.08. The monoisotopic (exact) mass is 375 g/mol. The van der Waals surface area contributed by atoms with Crippen molar-refractivity contribution >= 4 is 23.2 Å². The molecule has 1 aromatic heterocycles. The van der Waals surface area contributed by atoms with Gasteiger partial charge in [0, 0.05) is 35.6 Å². The Hall–Kier alpha value is -2.76. The van der Waals surface area contributed by atoms with Gasteiger partial charge in [0.1, 0.15) is 5.82 Å². The largest absolute Gasteiger partial charge is 0.326 e. The molecule has 0 unspecified atom stereocenters. The second-order valence-electron chi connectivity index (χ2n) is 6.49. The lowest BCUT2D eigenvalue weighted by atomic mass is 10.2. The van der Waals surface area contributed by atoms with E-state index in [1.807, 2.05) is 13.8 Å². The van der Waals surface area contributed by atoms with Crippen LogP contribution in [0.1, 0.15) is 40.7 Å². The molecule has 2 amide bonds. The van der Waals surface area contributed by atoms with Crippen molar-refractivity contribution in [1.82, 2.24) is 4.98 Å². The van der Waals surface area contributed by atoms with Crippen molar-refractivity contribution in [1.29, 1.82) is 0 Å². The van der Waals surface area contributed by atoms with E-state index in [-0.39, 0.29) is 36.9 Å². The van der Waals surface area contributed by atoms with Gasteiger partial charge in [0.15, 0.2) is 0 Å². The van der Waals surface area contributed by atoms with E-state index in [4.69, 9.17) is 0 Å². The van der Waals surface area contributed by atoms with Gasteiger partial charge in [0.2, 0.25) is 11.8 Å². The summed E-state index contributed by atoms with van der Waals surface area (Å²) in [6.07, 6.45) is 3.30. The van der Waals surface area contributed by atoms with Crippen LogP contribution in [-0.2, 0) is 9.59 Å². The fourth-order valence-electron chi connectivity index (χ4n) is 1.68. The second-order valence-corrected chi connectivity index (χ2v) is 6.49. The van der Waals surface area contributed by atoms with Gasteiger partial charge in [-0.2, -0.15) is 0 Å². The highest BCUT2D eigenvalue weighted by molar-refractivity contribution is 5.92. The average Bonchev–Trinajstić information content (AvgIpc) is 2.59. The minimum Gasteiger partial charge on any atom is -0.326 e. The summed E-state index contributed by atoms with van der Waals surface area (Å²) in [7, 11) is 0. The number of hydrogen-bond donors (Lipinski definition) is 2. The molecule has 2 rings (SSSR count). The van der Waals surface area contributed by atoms with E-state index in [1.165, 1.54) is 6.07 Å². The van der Waals surface area contributed by atoms with Crippen molar-refractivity contribution in [3.63, 3.8) is 0 Å². The van der Waals surface area contributed by atoms with Crippen LogP contribution in [0.5, 0.6) is 0 Å². The molecule has 0 aliphatic heterocycles. The molecule has 1 aromatic carbocycles. The van der Waals surface area contributed by atoms with Crippen LogP contribution in [0.3, 0.4) is 0 Å². The maximum absolute atomic E-state index is 13.1. The fourth-order valence-corrected chi connectivity index (χ4v) is 1.68. The maximum atomic E-state index is 13.1. The van der Waals surface area contributed by atoms with E-state index >= 15 is 0 Å². The number of carbonyl (C=O) groups is 2. The van der Waals surface area contributed by atoms with Crippen LogP contribution in [0.25, 0.3) is 0 Å². The average molecular weight is 375 g/mol. The lowest BCUT2D eigenvalue weighted by Crippen LogP contribution is -2.17. The summed E-state index contributed by atoms with van der Waals surface area (Å²) in [4.78, 5) is 26.3. The number of amides is 2. The molecule has 0 saturated heterocycles. The number of pyridine rings is 1. The highest BCUT2D eigenvalue weighted by atomic mass is 19.1. The van der Waals surface area contributed by atoms with Gasteiger partial charge in [-0.3, -0.25) is 14.6 Å². The molecule has 0 radical (unpaired) electrons. The van der Waals surface area contributed by atoms with Gasteiger partial charge in [0.05, 0.1) is 0 Å². The van der Waals surface area contributed by atoms with E-state index in [9.17, 15) is 14.0 Å². The lowest BCUT2D eigenvalue weighted by molar-refractivity contribution is -0.119. The Labute approximate surface area is 161 Å². The Morgan fingerprint density at radius 2 is 1.37 bits per heavy atom. The first-order valence-electron chi connectivity index (χ1n) is 8.48. The fraction of sp³-hybridized carbons (Fsp3) is 0.381. The van der Waals surface area contributed by atoms with E-state index < -0.39 is 0 Å². The summed E-state index contributed by atoms with van der Waals surface area (Å²) in [6.45, 7) is 8.98. The van der Waals surface area contributed by atoms with Crippen molar-refractivity contribution in [2.75, 3.05) is 10.6 Å². The summed E-state index contributed by atoms with van der Waals surface area (Å²) in [5.41, 5.74) is 1.88. The molecule has 6 heteroatoms. The van der Waals surface area contributed by atoms with Gasteiger partial charge in [-0.25, -0.2) is 4.39 Å². The molecular weight excluding hydrogens is 345 g/mol. The molecule has 1 heterocycles. The molecule has 27 heavy (non-hydrogen) atoms. The van der Waals surface area contributed by atoms with E-state index in [0.717, 1.165) is 5.69 Å². The van der Waals surface area contributed by atoms with Gasteiger partial charge in [-0.15, -0.1) is 0 Å². The molecule has 0 aliphatic carbocycles. The van der Waals surface area contributed by atoms with Crippen molar-refractivity contribution in [2.45, 2.75) is 42.0 Å². The Bertz CT molecular complexity index is 731. The van der Waals surface area contributed by atoms with Crippen molar-refractivity contribution < 1.29 is 14.0 Å². The smallest absolute Gasteiger partial charge is 0.226 e. The van der Waals surface area contributed by atoms with Gasteiger partial charge in [-0.05, 0) is 36.8 Å². The quantitative estimate of drug-likeness (QED) is 0.786. The molecule has 2 aromatic rings. The second kappa shape index (κ2) is 11.8. The zero-order valence-corrected chi connectivity index (χ0v) is 15.8. The normalized spacial score (nSPS) is 9.78. The summed E-state index contributed by atoms with van der Waals surface area (Å²) in [5.74, 6) is -0.460. The molecule has 0 bridgehead atoms. The van der Waals surface area contributed by atoms with Gasteiger partial charge >= 0.3 is 0 Å². The number of halogens is 1. The lowest BCUT2D eigenvalue weighted by Gasteiger charge is -2.08. The van der Waals surface area contributed by atoms with Gasteiger partial charge in [0.25, 0.3) is 0 Å². The predicted octanol–water partition coefficient (Wildman–Crippen LogP) is 5.04.